The summed E-state index contributed by atoms with van der Waals surface area (Å²) in [5.74, 6) is -0.346. The number of carboxylic acids is 1. The molecule has 0 unspecified atom stereocenters. The Hall–Kier alpha value is -2.64. The zero-order valence-electron chi connectivity index (χ0n) is 15.7. The van der Waals surface area contributed by atoms with Gasteiger partial charge in [-0.3, -0.25) is 10.1 Å². The maximum absolute atomic E-state index is 12.6. The summed E-state index contributed by atoms with van der Waals surface area (Å²) in [5.41, 5.74) is -0.690. The van der Waals surface area contributed by atoms with Crippen molar-refractivity contribution in [1.82, 2.24) is 15.6 Å². The first-order valence-corrected chi connectivity index (χ1v) is 9.40. The summed E-state index contributed by atoms with van der Waals surface area (Å²) in [7, 11) is 0. The van der Waals surface area contributed by atoms with Gasteiger partial charge in [-0.2, -0.15) is 0 Å². The number of nitrogens with zero attached hydrogens (tertiary/aromatic N) is 2. The van der Waals surface area contributed by atoms with Gasteiger partial charge in [0.25, 0.3) is 5.91 Å². The number of hydrogen-bond acceptors (Lipinski definition) is 5. The van der Waals surface area contributed by atoms with E-state index in [0.717, 1.165) is 6.42 Å². The number of aromatic carboxylic acids is 1. The second kappa shape index (κ2) is 7.54. The van der Waals surface area contributed by atoms with E-state index in [1.54, 1.807) is 18.3 Å². The Morgan fingerprint density at radius 3 is 2.63 bits per heavy atom. The van der Waals surface area contributed by atoms with E-state index >= 15 is 0 Å². The van der Waals surface area contributed by atoms with Gasteiger partial charge in [0, 0.05) is 19.3 Å². The number of carbonyl (C=O) groups excluding carboxylic acids is 2. The van der Waals surface area contributed by atoms with Gasteiger partial charge >= 0.3 is 12.0 Å². The highest BCUT2D eigenvalue weighted by Crippen LogP contribution is 2.36. The van der Waals surface area contributed by atoms with Gasteiger partial charge in [0.15, 0.2) is 0 Å². The van der Waals surface area contributed by atoms with Crippen LogP contribution in [0.2, 0.25) is 0 Å². The number of nitrogens with one attached hydrogen (secondary N) is 2. The highest BCUT2D eigenvalue weighted by molar-refractivity contribution is 6.07. The van der Waals surface area contributed by atoms with Crippen LogP contribution in [0.15, 0.2) is 18.3 Å². The zero-order valence-corrected chi connectivity index (χ0v) is 15.7. The van der Waals surface area contributed by atoms with E-state index in [2.05, 4.69) is 29.5 Å². The van der Waals surface area contributed by atoms with Gasteiger partial charge in [0.05, 0.1) is 0 Å². The molecule has 2 fully saturated rings. The molecule has 27 heavy (non-hydrogen) atoms. The van der Waals surface area contributed by atoms with Crippen LogP contribution in [0, 0.1) is 11.8 Å². The number of carbonyl (C=O) groups is 3. The number of anilines is 1. The van der Waals surface area contributed by atoms with Crippen LogP contribution in [0.3, 0.4) is 0 Å². The standard InChI is InChI=1S/C19H26N4O4/c1-12(2)5-8-19(17(26)21-18(27)22-19)13-6-10-23(11-7-13)15-14(16(24)25)4-3-9-20-15/h3-4,9,12-13H,5-8,10-11H2,1-2H3,(H,24,25)(H2,21,22,26,27)/t19-/m1/s1. The maximum atomic E-state index is 12.6. The number of aromatic nitrogens is 1. The molecule has 1 aromatic heterocycles. The smallest absolute Gasteiger partial charge is 0.339 e. The van der Waals surface area contributed by atoms with E-state index < -0.39 is 17.5 Å². The molecule has 0 spiro atoms. The number of pyridine rings is 1. The van der Waals surface area contributed by atoms with Crippen LogP contribution in [0.25, 0.3) is 0 Å². The van der Waals surface area contributed by atoms with E-state index in [1.165, 1.54) is 0 Å². The summed E-state index contributed by atoms with van der Waals surface area (Å²) in [6, 6.07) is 2.73. The third-order valence-corrected chi connectivity index (χ3v) is 5.59. The van der Waals surface area contributed by atoms with Crippen LogP contribution in [0.1, 0.15) is 49.9 Å². The number of rotatable bonds is 6. The minimum absolute atomic E-state index is 0.0101. The molecule has 3 heterocycles. The molecule has 0 bridgehead atoms. The van der Waals surface area contributed by atoms with Crippen LogP contribution in [-0.2, 0) is 4.79 Å². The normalized spacial score (nSPS) is 23.4. The van der Waals surface area contributed by atoms with E-state index in [9.17, 15) is 19.5 Å². The first-order chi connectivity index (χ1) is 12.8. The monoisotopic (exact) mass is 374 g/mol. The number of imide groups is 1. The number of amides is 3. The lowest BCUT2D eigenvalue weighted by atomic mass is 9.74. The topological polar surface area (TPSA) is 112 Å². The Bertz CT molecular complexity index is 743. The summed E-state index contributed by atoms with van der Waals surface area (Å²) in [6.45, 7) is 5.38. The van der Waals surface area contributed by atoms with Crippen LogP contribution in [0.4, 0.5) is 10.6 Å². The molecule has 1 atom stereocenters. The molecule has 0 aliphatic carbocycles. The lowest BCUT2D eigenvalue weighted by molar-refractivity contribution is -0.126. The van der Waals surface area contributed by atoms with E-state index in [-0.39, 0.29) is 17.4 Å². The average Bonchev–Trinajstić information content (AvgIpc) is 2.94. The first kappa shape index (κ1) is 19.1. The summed E-state index contributed by atoms with van der Waals surface area (Å²) >= 11 is 0. The van der Waals surface area contributed by atoms with Gasteiger partial charge in [-0.25, -0.2) is 14.6 Å². The van der Waals surface area contributed by atoms with E-state index in [4.69, 9.17) is 0 Å². The molecule has 8 heteroatoms. The number of urea groups is 1. The van der Waals surface area contributed by atoms with Crippen molar-refractivity contribution >= 4 is 23.7 Å². The summed E-state index contributed by atoms with van der Waals surface area (Å²) in [5, 5.41) is 14.7. The molecule has 146 valence electrons. The quantitative estimate of drug-likeness (QED) is 0.657. The summed E-state index contributed by atoms with van der Waals surface area (Å²) in [6.07, 6.45) is 4.40. The van der Waals surface area contributed by atoms with Crippen LogP contribution in [0.5, 0.6) is 0 Å². The second-order valence-electron chi connectivity index (χ2n) is 7.75. The third-order valence-electron chi connectivity index (χ3n) is 5.59. The molecular formula is C19H26N4O4. The summed E-state index contributed by atoms with van der Waals surface area (Å²) in [4.78, 5) is 42.1. The van der Waals surface area contributed by atoms with Crippen molar-refractivity contribution in [3.05, 3.63) is 23.9 Å². The van der Waals surface area contributed by atoms with Crippen LogP contribution < -0.4 is 15.5 Å². The fraction of sp³-hybridized carbons (Fsp3) is 0.579. The van der Waals surface area contributed by atoms with Crippen molar-refractivity contribution in [3.8, 4) is 0 Å². The van der Waals surface area contributed by atoms with Crippen LogP contribution in [-0.4, -0.2) is 46.6 Å². The van der Waals surface area contributed by atoms with Crippen molar-refractivity contribution in [2.24, 2.45) is 11.8 Å². The van der Waals surface area contributed by atoms with Gasteiger partial charge in [-0.1, -0.05) is 13.8 Å². The van der Waals surface area contributed by atoms with Crippen molar-refractivity contribution in [3.63, 3.8) is 0 Å². The molecule has 1 aromatic rings. The SMILES string of the molecule is CC(C)CC[C@]1(C2CCN(c3ncccc3C(=O)O)CC2)NC(=O)NC1=O. The largest absolute Gasteiger partial charge is 0.478 e. The lowest BCUT2D eigenvalue weighted by Gasteiger charge is -2.41. The third kappa shape index (κ3) is 3.74. The van der Waals surface area contributed by atoms with E-state index in [1.807, 2.05) is 4.90 Å². The average molecular weight is 374 g/mol. The molecule has 3 amide bonds. The minimum Gasteiger partial charge on any atom is -0.478 e. The Morgan fingerprint density at radius 2 is 2.07 bits per heavy atom. The van der Waals surface area contributed by atoms with Gasteiger partial charge < -0.3 is 15.3 Å². The van der Waals surface area contributed by atoms with Gasteiger partial charge in [-0.15, -0.1) is 0 Å². The fourth-order valence-corrected chi connectivity index (χ4v) is 4.09. The maximum Gasteiger partial charge on any atom is 0.339 e. The molecule has 0 aromatic carbocycles. The number of piperidine rings is 1. The molecule has 3 rings (SSSR count). The van der Waals surface area contributed by atoms with E-state index in [0.29, 0.717) is 44.1 Å². The van der Waals surface area contributed by atoms with Crippen molar-refractivity contribution in [2.75, 3.05) is 18.0 Å². The van der Waals surface area contributed by atoms with Crippen molar-refractivity contribution in [2.45, 2.75) is 45.1 Å². The Labute approximate surface area is 158 Å². The Kier molecular flexibility index (Phi) is 5.34. The fourth-order valence-electron chi connectivity index (χ4n) is 4.09. The molecular weight excluding hydrogens is 348 g/mol. The Balaban J connectivity index is 1.76. The van der Waals surface area contributed by atoms with Gasteiger partial charge in [0.1, 0.15) is 16.9 Å². The molecule has 2 aliphatic rings. The molecule has 0 saturated carbocycles. The Morgan fingerprint density at radius 1 is 1.37 bits per heavy atom. The summed E-state index contributed by atoms with van der Waals surface area (Å²) < 4.78 is 0. The van der Waals surface area contributed by atoms with Gasteiger partial charge in [0.2, 0.25) is 0 Å². The number of hydrogen-bond donors (Lipinski definition) is 3. The first-order valence-electron chi connectivity index (χ1n) is 9.40. The van der Waals surface area contributed by atoms with Crippen molar-refractivity contribution < 1.29 is 19.5 Å². The predicted octanol–water partition coefficient (Wildman–Crippen LogP) is 2.01. The molecule has 2 aliphatic heterocycles. The highest BCUT2D eigenvalue weighted by atomic mass is 16.4. The minimum atomic E-state index is -1.00. The van der Waals surface area contributed by atoms with Crippen LogP contribution >= 0.6 is 0 Å². The predicted molar refractivity (Wildman–Crippen MR) is 99.6 cm³/mol. The zero-order chi connectivity index (χ0) is 19.6. The van der Waals surface area contributed by atoms with Crippen molar-refractivity contribution in [1.29, 1.82) is 0 Å². The molecule has 2 saturated heterocycles. The lowest BCUT2D eigenvalue weighted by Crippen LogP contribution is -2.56. The number of carboxylic acid groups (broad SMARTS) is 1. The molecule has 8 nitrogen and oxygen atoms in total. The molecule has 3 N–H and O–H groups in total. The van der Waals surface area contributed by atoms with Gasteiger partial charge in [-0.05, 0) is 49.7 Å². The molecule has 0 radical (unpaired) electrons. The second-order valence-corrected chi connectivity index (χ2v) is 7.75. The highest BCUT2D eigenvalue weighted by Gasteiger charge is 2.51.